The van der Waals surface area contributed by atoms with Crippen molar-refractivity contribution < 1.29 is 4.74 Å². The summed E-state index contributed by atoms with van der Waals surface area (Å²) in [6.07, 6.45) is 6.22. The molecule has 0 aliphatic heterocycles. The van der Waals surface area contributed by atoms with Gasteiger partial charge in [0.2, 0.25) is 5.88 Å². The van der Waals surface area contributed by atoms with Crippen LogP contribution in [0.3, 0.4) is 0 Å². The number of hydrogen-bond acceptors (Lipinski definition) is 4. The fraction of sp³-hybridized carbons (Fsp3) is 0.333. The second kappa shape index (κ2) is 4.86. The Morgan fingerprint density at radius 2 is 2.29 bits per heavy atom. The van der Waals surface area contributed by atoms with E-state index in [-0.39, 0.29) is 0 Å². The molecule has 0 saturated carbocycles. The number of aromatic nitrogens is 3. The molecular weight excluding hydrogens is 216 g/mol. The molecule has 2 rings (SSSR count). The lowest BCUT2D eigenvalue weighted by molar-refractivity contribution is 0.463. The molecule has 0 aromatic carbocycles. The van der Waals surface area contributed by atoms with Crippen LogP contribution in [-0.4, -0.2) is 14.8 Å². The molecule has 0 radical (unpaired) electrons. The highest BCUT2D eigenvalue weighted by Crippen LogP contribution is 2.26. The first-order chi connectivity index (χ1) is 8.20. The molecule has 0 amide bonds. The van der Waals surface area contributed by atoms with Crippen LogP contribution in [0.1, 0.15) is 18.9 Å². The lowest BCUT2D eigenvalue weighted by Gasteiger charge is -2.06. The van der Waals surface area contributed by atoms with Crippen molar-refractivity contribution in [1.29, 1.82) is 0 Å². The normalized spacial score (nSPS) is 10.5. The predicted octanol–water partition coefficient (Wildman–Crippen LogP) is 2.37. The Hall–Kier alpha value is -2.04. The molecule has 0 spiro atoms. The standard InChI is InChI=1S/C12H16N4O/c1-3-6-16-8-10(7-15-16)17-12-11(13)9(2)4-5-14-12/h4-5,7-8H,3,6,13H2,1-2H3. The first-order valence-corrected chi connectivity index (χ1v) is 5.62. The molecule has 0 fully saturated rings. The van der Waals surface area contributed by atoms with E-state index in [1.807, 2.05) is 23.9 Å². The lowest BCUT2D eigenvalue weighted by atomic mass is 10.2. The van der Waals surface area contributed by atoms with Gasteiger partial charge >= 0.3 is 0 Å². The molecular formula is C12H16N4O. The molecule has 2 heterocycles. The summed E-state index contributed by atoms with van der Waals surface area (Å²) in [7, 11) is 0. The van der Waals surface area contributed by atoms with Crippen molar-refractivity contribution in [3.63, 3.8) is 0 Å². The minimum absolute atomic E-state index is 0.432. The van der Waals surface area contributed by atoms with Crippen LogP contribution in [0.15, 0.2) is 24.7 Å². The van der Waals surface area contributed by atoms with Crippen LogP contribution in [0.2, 0.25) is 0 Å². The molecule has 0 unspecified atom stereocenters. The second-order valence-electron chi connectivity index (χ2n) is 3.89. The van der Waals surface area contributed by atoms with Gasteiger partial charge in [0.25, 0.3) is 0 Å². The number of nitrogens with two attached hydrogens (primary N) is 1. The summed E-state index contributed by atoms with van der Waals surface area (Å²) < 4.78 is 7.43. The highest BCUT2D eigenvalue weighted by Gasteiger charge is 2.07. The summed E-state index contributed by atoms with van der Waals surface area (Å²) in [6.45, 7) is 4.90. The number of nitrogens with zero attached hydrogens (tertiary/aromatic N) is 3. The van der Waals surface area contributed by atoms with E-state index in [4.69, 9.17) is 10.5 Å². The van der Waals surface area contributed by atoms with Crippen LogP contribution in [0.5, 0.6) is 11.6 Å². The van der Waals surface area contributed by atoms with E-state index < -0.39 is 0 Å². The third kappa shape index (κ3) is 2.55. The van der Waals surface area contributed by atoms with Gasteiger partial charge in [0.1, 0.15) is 0 Å². The van der Waals surface area contributed by atoms with Gasteiger partial charge in [0, 0.05) is 12.7 Å². The Bertz CT molecular complexity index is 507. The Morgan fingerprint density at radius 1 is 1.47 bits per heavy atom. The van der Waals surface area contributed by atoms with Gasteiger partial charge in [-0.15, -0.1) is 0 Å². The number of pyridine rings is 1. The first kappa shape index (κ1) is 11.4. The van der Waals surface area contributed by atoms with E-state index in [1.165, 1.54) is 0 Å². The molecule has 17 heavy (non-hydrogen) atoms. The summed E-state index contributed by atoms with van der Waals surface area (Å²) in [5.74, 6) is 1.09. The lowest BCUT2D eigenvalue weighted by Crippen LogP contribution is -1.97. The quantitative estimate of drug-likeness (QED) is 0.878. The van der Waals surface area contributed by atoms with E-state index in [0.717, 1.165) is 18.5 Å². The van der Waals surface area contributed by atoms with E-state index in [0.29, 0.717) is 17.3 Å². The number of rotatable bonds is 4. The summed E-state index contributed by atoms with van der Waals surface area (Å²) >= 11 is 0. The molecule has 0 atom stereocenters. The smallest absolute Gasteiger partial charge is 0.243 e. The van der Waals surface area contributed by atoms with E-state index in [2.05, 4.69) is 17.0 Å². The fourth-order valence-electron chi connectivity index (χ4n) is 1.49. The zero-order valence-corrected chi connectivity index (χ0v) is 10.1. The van der Waals surface area contributed by atoms with Crippen LogP contribution in [-0.2, 0) is 6.54 Å². The van der Waals surface area contributed by atoms with Crippen LogP contribution in [0.25, 0.3) is 0 Å². The van der Waals surface area contributed by atoms with Gasteiger partial charge in [0.05, 0.1) is 18.1 Å². The molecule has 2 aromatic heterocycles. The highest BCUT2D eigenvalue weighted by molar-refractivity contribution is 5.54. The number of anilines is 1. The minimum atomic E-state index is 0.432. The van der Waals surface area contributed by atoms with Crippen LogP contribution < -0.4 is 10.5 Å². The van der Waals surface area contributed by atoms with Gasteiger partial charge in [-0.05, 0) is 25.0 Å². The molecule has 5 nitrogen and oxygen atoms in total. The number of nitrogen functional groups attached to an aromatic ring is 1. The molecule has 0 aliphatic rings. The monoisotopic (exact) mass is 232 g/mol. The molecule has 2 aromatic rings. The van der Waals surface area contributed by atoms with Gasteiger partial charge in [-0.3, -0.25) is 4.68 Å². The minimum Gasteiger partial charge on any atom is -0.434 e. The molecule has 0 saturated heterocycles. The molecule has 90 valence electrons. The fourth-order valence-corrected chi connectivity index (χ4v) is 1.49. The van der Waals surface area contributed by atoms with E-state index in [9.17, 15) is 0 Å². The van der Waals surface area contributed by atoms with Gasteiger partial charge < -0.3 is 10.5 Å². The molecule has 0 aliphatic carbocycles. The summed E-state index contributed by atoms with van der Waals surface area (Å²) in [4.78, 5) is 4.11. The van der Waals surface area contributed by atoms with Gasteiger partial charge in [-0.1, -0.05) is 6.92 Å². The van der Waals surface area contributed by atoms with Crippen molar-refractivity contribution in [2.45, 2.75) is 26.8 Å². The van der Waals surface area contributed by atoms with Crippen molar-refractivity contribution in [2.75, 3.05) is 5.73 Å². The van der Waals surface area contributed by atoms with Crippen molar-refractivity contribution in [3.8, 4) is 11.6 Å². The van der Waals surface area contributed by atoms with Crippen molar-refractivity contribution in [2.24, 2.45) is 0 Å². The topological polar surface area (TPSA) is 66.0 Å². The van der Waals surface area contributed by atoms with Crippen molar-refractivity contribution in [3.05, 3.63) is 30.2 Å². The largest absolute Gasteiger partial charge is 0.434 e. The maximum absolute atomic E-state index is 5.88. The maximum atomic E-state index is 5.88. The Balaban J connectivity index is 2.16. The SMILES string of the molecule is CCCn1cc(Oc2nccc(C)c2N)cn1. The average Bonchev–Trinajstić information content (AvgIpc) is 2.73. The second-order valence-corrected chi connectivity index (χ2v) is 3.89. The Kier molecular flexibility index (Phi) is 3.27. The van der Waals surface area contributed by atoms with Crippen LogP contribution >= 0.6 is 0 Å². The Morgan fingerprint density at radius 3 is 3.06 bits per heavy atom. The number of hydrogen-bond donors (Lipinski definition) is 1. The zero-order chi connectivity index (χ0) is 12.3. The zero-order valence-electron chi connectivity index (χ0n) is 10.1. The van der Waals surface area contributed by atoms with E-state index >= 15 is 0 Å². The van der Waals surface area contributed by atoms with Gasteiger partial charge in [-0.25, -0.2) is 4.98 Å². The molecule has 2 N–H and O–H groups in total. The maximum Gasteiger partial charge on any atom is 0.243 e. The third-order valence-corrected chi connectivity index (χ3v) is 2.45. The van der Waals surface area contributed by atoms with Gasteiger partial charge in [0.15, 0.2) is 5.75 Å². The Labute approximate surface area is 100 Å². The number of ether oxygens (including phenoxy) is 1. The summed E-state index contributed by atoms with van der Waals surface area (Å²) in [5.41, 5.74) is 7.40. The molecule has 0 bridgehead atoms. The van der Waals surface area contributed by atoms with Crippen molar-refractivity contribution in [1.82, 2.24) is 14.8 Å². The number of aryl methyl sites for hydroxylation is 2. The summed E-state index contributed by atoms with van der Waals surface area (Å²) in [6, 6.07) is 1.85. The summed E-state index contributed by atoms with van der Waals surface area (Å²) in [5, 5.41) is 4.18. The first-order valence-electron chi connectivity index (χ1n) is 5.62. The average molecular weight is 232 g/mol. The molecule has 5 heteroatoms. The van der Waals surface area contributed by atoms with E-state index in [1.54, 1.807) is 12.4 Å². The van der Waals surface area contributed by atoms with Crippen molar-refractivity contribution >= 4 is 5.69 Å². The van der Waals surface area contributed by atoms with Crippen LogP contribution in [0.4, 0.5) is 5.69 Å². The highest BCUT2D eigenvalue weighted by atomic mass is 16.5. The predicted molar refractivity (Wildman–Crippen MR) is 66.0 cm³/mol. The van der Waals surface area contributed by atoms with Gasteiger partial charge in [-0.2, -0.15) is 5.10 Å². The van der Waals surface area contributed by atoms with Crippen LogP contribution in [0, 0.1) is 6.92 Å². The third-order valence-electron chi connectivity index (χ3n) is 2.45.